The van der Waals surface area contributed by atoms with Crippen LogP contribution in [0.25, 0.3) is 0 Å². The molecule has 0 aromatic carbocycles. The molecule has 1 heterocycles. The van der Waals surface area contributed by atoms with Crippen molar-refractivity contribution in [2.75, 3.05) is 26.2 Å². The van der Waals surface area contributed by atoms with Crippen molar-refractivity contribution in [1.29, 1.82) is 5.26 Å². The van der Waals surface area contributed by atoms with Crippen LogP contribution in [0.15, 0.2) is 0 Å². The Morgan fingerprint density at radius 3 is 3.17 bits per heavy atom. The molecule has 0 aliphatic carbocycles. The number of hydrogen-bond acceptors (Lipinski definition) is 3. The first-order valence-electron chi connectivity index (χ1n) is 4.69. The van der Waals surface area contributed by atoms with Crippen molar-refractivity contribution in [2.24, 2.45) is 0 Å². The van der Waals surface area contributed by atoms with Crippen LogP contribution in [0, 0.1) is 11.3 Å². The van der Waals surface area contributed by atoms with E-state index in [-0.39, 0.29) is 0 Å². The van der Waals surface area contributed by atoms with Gasteiger partial charge in [0.15, 0.2) is 0 Å². The smallest absolute Gasteiger partial charge is 0.0843 e. The van der Waals surface area contributed by atoms with Crippen molar-refractivity contribution in [1.82, 2.24) is 10.2 Å². The lowest BCUT2D eigenvalue weighted by Crippen LogP contribution is -2.45. The van der Waals surface area contributed by atoms with E-state index in [1.165, 1.54) is 19.4 Å². The van der Waals surface area contributed by atoms with Gasteiger partial charge in [0.05, 0.1) is 12.6 Å². The fourth-order valence-electron chi connectivity index (χ4n) is 1.70. The highest BCUT2D eigenvalue weighted by atomic mass is 15.2. The molecular formula is C9H17N3. The second kappa shape index (κ2) is 5.13. The van der Waals surface area contributed by atoms with Gasteiger partial charge >= 0.3 is 0 Å². The number of hydrogen-bond donors (Lipinski definition) is 1. The molecule has 0 radical (unpaired) electrons. The van der Waals surface area contributed by atoms with Crippen LogP contribution in [0.3, 0.4) is 0 Å². The molecule has 1 rings (SSSR count). The van der Waals surface area contributed by atoms with E-state index in [1.54, 1.807) is 0 Å². The number of piperidine rings is 1. The third-order valence-electron chi connectivity index (χ3n) is 2.42. The Labute approximate surface area is 74.4 Å². The van der Waals surface area contributed by atoms with Gasteiger partial charge in [-0.25, -0.2) is 0 Å². The third kappa shape index (κ3) is 2.80. The number of rotatable bonds is 3. The summed E-state index contributed by atoms with van der Waals surface area (Å²) in [5.41, 5.74) is 0. The van der Waals surface area contributed by atoms with Crippen LogP contribution in [0.5, 0.6) is 0 Å². The summed E-state index contributed by atoms with van der Waals surface area (Å²) in [5.74, 6) is 0. The Hall–Kier alpha value is -0.590. The van der Waals surface area contributed by atoms with Gasteiger partial charge in [0, 0.05) is 12.6 Å². The molecule has 3 nitrogen and oxygen atoms in total. The summed E-state index contributed by atoms with van der Waals surface area (Å²) in [6, 6.07) is 2.66. The molecule has 0 aromatic heterocycles. The zero-order chi connectivity index (χ0) is 8.81. The predicted molar refractivity (Wildman–Crippen MR) is 48.8 cm³/mol. The Bertz CT molecular complexity index is 162. The Balaban J connectivity index is 2.22. The summed E-state index contributed by atoms with van der Waals surface area (Å²) >= 11 is 0. The standard InChI is InChI=1S/C9H17N3/c1-2-12-7-3-4-9(8-12)11-6-5-10/h9,11H,2-4,6-8H2,1H3. The van der Waals surface area contributed by atoms with Crippen LogP contribution in [-0.2, 0) is 0 Å². The Kier molecular flexibility index (Phi) is 4.06. The first-order chi connectivity index (χ1) is 5.86. The maximum Gasteiger partial charge on any atom is 0.0843 e. The molecule has 0 amide bonds. The van der Waals surface area contributed by atoms with Crippen molar-refractivity contribution in [2.45, 2.75) is 25.8 Å². The molecule has 1 saturated heterocycles. The topological polar surface area (TPSA) is 39.1 Å². The van der Waals surface area contributed by atoms with Crippen molar-refractivity contribution >= 4 is 0 Å². The molecule has 1 aliphatic rings. The Morgan fingerprint density at radius 2 is 2.50 bits per heavy atom. The molecular weight excluding hydrogens is 150 g/mol. The molecule has 0 aromatic rings. The van der Waals surface area contributed by atoms with Crippen LogP contribution in [0.4, 0.5) is 0 Å². The van der Waals surface area contributed by atoms with Crippen LogP contribution >= 0.6 is 0 Å². The number of nitrogens with one attached hydrogen (secondary N) is 1. The summed E-state index contributed by atoms with van der Waals surface area (Å²) in [6.07, 6.45) is 2.48. The second-order valence-corrected chi connectivity index (χ2v) is 3.27. The van der Waals surface area contributed by atoms with Crippen LogP contribution in [0.2, 0.25) is 0 Å². The number of likely N-dealkylation sites (tertiary alicyclic amines) is 1. The lowest BCUT2D eigenvalue weighted by molar-refractivity contribution is 0.202. The van der Waals surface area contributed by atoms with Gasteiger partial charge in [0.2, 0.25) is 0 Å². The number of nitriles is 1. The van der Waals surface area contributed by atoms with E-state index in [9.17, 15) is 0 Å². The van der Waals surface area contributed by atoms with E-state index in [4.69, 9.17) is 5.26 Å². The summed E-state index contributed by atoms with van der Waals surface area (Å²) in [5, 5.41) is 11.6. The highest BCUT2D eigenvalue weighted by Crippen LogP contribution is 2.08. The minimum Gasteiger partial charge on any atom is -0.302 e. The van der Waals surface area contributed by atoms with E-state index < -0.39 is 0 Å². The molecule has 1 N–H and O–H groups in total. The van der Waals surface area contributed by atoms with Gasteiger partial charge in [-0.1, -0.05) is 6.92 Å². The quantitative estimate of drug-likeness (QED) is 0.625. The fraction of sp³-hybridized carbons (Fsp3) is 0.889. The average Bonchev–Trinajstić information content (AvgIpc) is 2.15. The molecule has 1 atom stereocenters. The number of nitrogens with zero attached hydrogens (tertiary/aromatic N) is 2. The number of likely N-dealkylation sites (N-methyl/N-ethyl adjacent to an activating group) is 1. The molecule has 1 aliphatic heterocycles. The van der Waals surface area contributed by atoms with E-state index in [2.05, 4.69) is 23.2 Å². The molecule has 0 spiro atoms. The molecule has 68 valence electrons. The van der Waals surface area contributed by atoms with Crippen molar-refractivity contribution in [3.63, 3.8) is 0 Å². The van der Waals surface area contributed by atoms with Gasteiger partial charge in [0.1, 0.15) is 0 Å². The van der Waals surface area contributed by atoms with Crippen molar-refractivity contribution < 1.29 is 0 Å². The largest absolute Gasteiger partial charge is 0.302 e. The molecule has 0 bridgehead atoms. The van der Waals surface area contributed by atoms with Gasteiger partial charge < -0.3 is 10.2 Å². The first-order valence-corrected chi connectivity index (χ1v) is 4.69. The monoisotopic (exact) mass is 167 g/mol. The van der Waals surface area contributed by atoms with Gasteiger partial charge in [0.25, 0.3) is 0 Å². The molecule has 3 heteroatoms. The summed E-state index contributed by atoms with van der Waals surface area (Å²) in [6.45, 7) is 6.14. The van der Waals surface area contributed by atoms with E-state index in [0.29, 0.717) is 12.6 Å². The maximum atomic E-state index is 8.39. The van der Waals surface area contributed by atoms with Gasteiger partial charge in [-0.05, 0) is 25.9 Å². The van der Waals surface area contributed by atoms with E-state index in [0.717, 1.165) is 13.1 Å². The fourth-order valence-corrected chi connectivity index (χ4v) is 1.70. The molecule has 1 unspecified atom stereocenters. The van der Waals surface area contributed by atoms with Gasteiger partial charge in [-0.15, -0.1) is 0 Å². The zero-order valence-corrected chi connectivity index (χ0v) is 7.71. The third-order valence-corrected chi connectivity index (χ3v) is 2.42. The van der Waals surface area contributed by atoms with Crippen molar-refractivity contribution in [3.8, 4) is 6.07 Å². The lowest BCUT2D eigenvalue weighted by Gasteiger charge is -2.31. The normalized spacial score (nSPS) is 25.2. The van der Waals surface area contributed by atoms with Crippen molar-refractivity contribution in [3.05, 3.63) is 0 Å². The summed E-state index contributed by atoms with van der Waals surface area (Å²) in [4.78, 5) is 2.43. The van der Waals surface area contributed by atoms with Crippen LogP contribution in [0.1, 0.15) is 19.8 Å². The first kappa shape index (κ1) is 9.50. The lowest BCUT2D eigenvalue weighted by atomic mass is 10.1. The van der Waals surface area contributed by atoms with Gasteiger partial charge in [-0.3, -0.25) is 0 Å². The predicted octanol–water partition coefficient (Wildman–Crippen LogP) is 0.584. The average molecular weight is 167 g/mol. The molecule has 0 saturated carbocycles. The Morgan fingerprint density at radius 1 is 1.67 bits per heavy atom. The summed E-state index contributed by atoms with van der Waals surface area (Å²) < 4.78 is 0. The van der Waals surface area contributed by atoms with E-state index >= 15 is 0 Å². The highest BCUT2D eigenvalue weighted by Gasteiger charge is 2.17. The molecule has 1 fully saturated rings. The minimum atomic E-state index is 0.488. The second-order valence-electron chi connectivity index (χ2n) is 3.27. The molecule has 12 heavy (non-hydrogen) atoms. The van der Waals surface area contributed by atoms with E-state index in [1.807, 2.05) is 0 Å². The highest BCUT2D eigenvalue weighted by molar-refractivity contribution is 4.82. The zero-order valence-electron chi connectivity index (χ0n) is 7.71. The van der Waals surface area contributed by atoms with Crippen LogP contribution in [-0.4, -0.2) is 37.1 Å². The maximum absolute atomic E-state index is 8.39. The van der Waals surface area contributed by atoms with Gasteiger partial charge in [-0.2, -0.15) is 5.26 Å². The SMILES string of the molecule is CCN1CCCC(NCC#N)C1. The summed E-state index contributed by atoms with van der Waals surface area (Å²) in [7, 11) is 0. The minimum absolute atomic E-state index is 0.488. The van der Waals surface area contributed by atoms with Crippen LogP contribution < -0.4 is 5.32 Å².